The molecule has 2 aliphatic rings. The average molecular weight is 383 g/mol. The highest BCUT2D eigenvalue weighted by Gasteiger charge is 2.29. The van der Waals surface area contributed by atoms with Crippen LogP contribution < -0.4 is 14.2 Å². The first-order chi connectivity index (χ1) is 13.7. The minimum absolute atomic E-state index is 0.000537. The van der Waals surface area contributed by atoms with E-state index in [1.54, 1.807) is 18.2 Å². The topological polar surface area (TPSA) is 48.0 Å². The quantitative estimate of drug-likeness (QED) is 0.750. The summed E-state index contributed by atoms with van der Waals surface area (Å²) in [5.74, 6) is 1.11. The lowest BCUT2D eigenvalue weighted by atomic mass is 10.0. The standard InChI is InChI=1S/C22H22FNO4/c1-26-19-7-4-15(13-17(19)23)5-9-22(25)24-10-2-3-18(24)16-6-8-20-21(14-16)28-12-11-27-20/h4-9,13-14,18H,2-3,10-12H2,1H3/b9-5+. The van der Waals surface area contributed by atoms with Crippen LogP contribution in [-0.4, -0.2) is 37.7 Å². The monoisotopic (exact) mass is 383 g/mol. The maximum absolute atomic E-state index is 13.8. The number of rotatable bonds is 4. The number of hydrogen-bond donors (Lipinski definition) is 0. The van der Waals surface area contributed by atoms with Gasteiger partial charge in [-0.15, -0.1) is 0 Å². The van der Waals surface area contributed by atoms with Gasteiger partial charge in [-0.3, -0.25) is 4.79 Å². The van der Waals surface area contributed by atoms with Crippen molar-refractivity contribution in [1.82, 2.24) is 4.90 Å². The molecule has 0 aromatic heterocycles. The van der Waals surface area contributed by atoms with Crippen LogP contribution in [0, 0.1) is 5.82 Å². The van der Waals surface area contributed by atoms with Crippen LogP contribution in [0.3, 0.4) is 0 Å². The van der Waals surface area contributed by atoms with E-state index < -0.39 is 5.82 Å². The van der Waals surface area contributed by atoms with Crippen molar-refractivity contribution >= 4 is 12.0 Å². The molecule has 1 atom stereocenters. The van der Waals surface area contributed by atoms with Crippen molar-refractivity contribution in [1.29, 1.82) is 0 Å². The SMILES string of the molecule is COc1ccc(/C=C/C(=O)N2CCCC2c2ccc3c(c2)OCCO3)cc1F. The molecule has 1 unspecified atom stereocenters. The Balaban J connectivity index is 1.50. The lowest BCUT2D eigenvalue weighted by Crippen LogP contribution is -2.29. The predicted molar refractivity (Wildman–Crippen MR) is 103 cm³/mol. The summed E-state index contributed by atoms with van der Waals surface area (Å²) in [5.41, 5.74) is 1.65. The zero-order valence-corrected chi connectivity index (χ0v) is 15.7. The third-order valence-electron chi connectivity index (χ3n) is 5.08. The van der Waals surface area contributed by atoms with Crippen molar-refractivity contribution < 1.29 is 23.4 Å². The molecule has 2 aromatic rings. The maximum atomic E-state index is 13.8. The molecule has 146 valence electrons. The highest BCUT2D eigenvalue weighted by Crippen LogP contribution is 2.38. The van der Waals surface area contributed by atoms with Crippen LogP contribution >= 0.6 is 0 Å². The first-order valence-electron chi connectivity index (χ1n) is 9.37. The summed E-state index contributed by atoms with van der Waals surface area (Å²) in [6.45, 7) is 1.78. The van der Waals surface area contributed by atoms with Crippen molar-refractivity contribution in [3.63, 3.8) is 0 Å². The number of likely N-dealkylation sites (tertiary alicyclic amines) is 1. The molecule has 0 N–H and O–H groups in total. The fraction of sp³-hybridized carbons (Fsp3) is 0.318. The van der Waals surface area contributed by atoms with Crippen LogP contribution in [0.2, 0.25) is 0 Å². The van der Waals surface area contributed by atoms with Gasteiger partial charge in [0.15, 0.2) is 23.1 Å². The van der Waals surface area contributed by atoms with Gasteiger partial charge in [0.1, 0.15) is 13.2 Å². The van der Waals surface area contributed by atoms with Crippen LogP contribution in [0.5, 0.6) is 17.2 Å². The molecule has 0 spiro atoms. The Morgan fingerprint density at radius 3 is 2.79 bits per heavy atom. The molecule has 28 heavy (non-hydrogen) atoms. The van der Waals surface area contributed by atoms with Gasteiger partial charge in [-0.1, -0.05) is 12.1 Å². The summed E-state index contributed by atoms with van der Waals surface area (Å²) in [6.07, 6.45) is 4.97. The summed E-state index contributed by atoms with van der Waals surface area (Å²) in [5, 5.41) is 0. The molecular formula is C22H22FNO4. The number of carbonyl (C=O) groups is 1. The summed E-state index contributed by atoms with van der Waals surface area (Å²) >= 11 is 0. The second kappa shape index (κ2) is 7.92. The zero-order valence-electron chi connectivity index (χ0n) is 15.7. The molecule has 0 radical (unpaired) electrons. The van der Waals surface area contributed by atoms with E-state index in [0.717, 1.165) is 29.9 Å². The van der Waals surface area contributed by atoms with Gasteiger partial charge in [0, 0.05) is 12.6 Å². The highest BCUT2D eigenvalue weighted by molar-refractivity contribution is 5.92. The number of hydrogen-bond acceptors (Lipinski definition) is 4. The molecule has 0 saturated carbocycles. The van der Waals surface area contributed by atoms with Gasteiger partial charge in [0.25, 0.3) is 0 Å². The third-order valence-corrected chi connectivity index (χ3v) is 5.08. The molecule has 5 nitrogen and oxygen atoms in total. The molecule has 1 fully saturated rings. The molecule has 1 saturated heterocycles. The maximum Gasteiger partial charge on any atom is 0.247 e. The third kappa shape index (κ3) is 3.67. The Morgan fingerprint density at radius 2 is 2.00 bits per heavy atom. The fourth-order valence-corrected chi connectivity index (χ4v) is 3.69. The lowest BCUT2D eigenvalue weighted by Gasteiger charge is -2.26. The van der Waals surface area contributed by atoms with Crippen molar-refractivity contribution in [2.45, 2.75) is 18.9 Å². The van der Waals surface area contributed by atoms with E-state index in [9.17, 15) is 9.18 Å². The van der Waals surface area contributed by atoms with Crippen LogP contribution in [0.15, 0.2) is 42.5 Å². The van der Waals surface area contributed by atoms with Crippen molar-refractivity contribution in [2.75, 3.05) is 26.9 Å². The molecule has 0 aliphatic carbocycles. The summed E-state index contributed by atoms with van der Waals surface area (Å²) in [6, 6.07) is 10.5. The zero-order chi connectivity index (χ0) is 19.5. The van der Waals surface area contributed by atoms with E-state index in [-0.39, 0.29) is 17.7 Å². The molecule has 2 aromatic carbocycles. The molecule has 4 rings (SSSR count). The minimum Gasteiger partial charge on any atom is -0.494 e. The summed E-state index contributed by atoms with van der Waals surface area (Å²) < 4.78 is 30.0. The molecule has 0 bridgehead atoms. The normalized spacial score (nSPS) is 18.5. The number of benzene rings is 2. The first-order valence-corrected chi connectivity index (χ1v) is 9.37. The molecule has 6 heteroatoms. The Hall–Kier alpha value is -3.02. The number of amides is 1. The van der Waals surface area contributed by atoms with Gasteiger partial charge in [-0.25, -0.2) is 4.39 Å². The van der Waals surface area contributed by atoms with Gasteiger partial charge in [0.05, 0.1) is 13.2 Å². The minimum atomic E-state index is -0.451. The molecular weight excluding hydrogens is 361 g/mol. The second-order valence-corrected chi connectivity index (χ2v) is 6.82. The number of ether oxygens (including phenoxy) is 3. The molecule has 2 heterocycles. The van der Waals surface area contributed by atoms with E-state index in [2.05, 4.69) is 0 Å². The van der Waals surface area contributed by atoms with Gasteiger partial charge in [0.2, 0.25) is 5.91 Å². The number of methoxy groups -OCH3 is 1. The van der Waals surface area contributed by atoms with Crippen LogP contribution in [0.4, 0.5) is 4.39 Å². The lowest BCUT2D eigenvalue weighted by molar-refractivity contribution is -0.126. The summed E-state index contributed by atoms with van der Waals surface area (Å²) in [7, 11) is 1.42. The van der Waals surface area contributed by atoms with Gasteiger partial charge >= 0.3 is 0 Å². The molecule has 1 amide bonds. The largest absolute Gasteiger partial charge is 0.494 e. The first kappa shape index (κ1) is 18.3. The van der Waals surface area contributed by atoms with E-state index >= 15 is 0 Å². The van der Waals surface area contributed by atoms with Gasteiger partial charge in [-0.2, -0.15) is 0 Å². The number of fused-ring (bicyclic) bond motifs is 1. The van der Waals surface area contributed by atoms with Crippen molar-refractivity contribution in [2.24, 2.45) is 0 Å². The van der Waals surface area contributed by atoms with E-state index in [1.165, 1.54) is 19.3 Å². The highest BCUT2D eigenvalue weighted by atomic mass is 19.1. The van der Waals surface area contributed by atoms with Crippen LogP contribution in [0.1, 0.15) is 30.0 Å². The van der Waals surface area contributed by atoms with Crippen LogP contribution in [-0.2, 0) is 4.79 Å². The van der Waals surface area contributed by atoms with E-state index in [1.807, 2.05) is 23.1 Å². The Kier molecular flexibility index (Phi) is 5.19. The van der Waals surface area contributed by atoms with Crippen molar-refractivity contribution in [3.8, 4) is 17.2 Å². The Morgan fingerprint density at radius 1 is 1.18 bits per heavy atom. The Labute approximate surface area is 163 Å². The smallest absolute Gasteiger partial charge is 0.247 e. The van der Waals surface area contributed by atoms with E-state index in [0.29, 0.717) is 25.3 Å². The van der Waals surface area contributed by atoms with Crippen LogP contribution in [0.25, 0.3) is 6.08 Å². The fourth-order valence-electron chi connectivity index (χ4n) is 3.69. The molecule has 2 aliphatic heterocycles. The van der Waals surface area contributed by atoms with Gasteiger partial charge < -0.3 is 19.1 Å². The van der Waals surface area contributed by atoms with Gasteiger partial charge in [-0.05, 0) is 54.3 Å². The Bertz CT molecular complexity index is 911. The summed E-state index contributed by atoms with van der Waals surface area (Å²) in [4.78, 5) is 14.6. The van der Waals surface area contributed by atoms with E-state index in [4.69, 9.17) is 14.2 Å². The number of carbonyl (C=O) groups excluding carboxylic acids is 1. The average Bonchev–Trinajstić information content (AvgIpc) is 3.22. The second-order valence-electron chi connectivity index (χ2n) is 6.82. The number of halogens is 1. The number of nitrogens with zero attached hydrogens (tertiary/aromatic N) is 1. The predicted octanol–water partition coefficient (Wildman–Crippen LogP) is 3.98. The van der Waals surface area contributed by atoms with Crippen molar-refractivity contribution in [3.05, 3.63) is 59.4 Å².